The van der Waals surface area contributed by atoms with Crippen molar-refractivity contribution >= 4 is 33.0 Å². The molecule has 0 fully saturated rings. The van der Waals surface area contributed by atoms with E-state index in [1.54, 1.807) is 24.3 Å². The van der Waals surface area contributed by atoms with Crippen molar-refractivity contribution in [2.75, 3.05) is 0 Å². The van der Waals surface area contributed by atoms with E-state index in [1.807, 2.05) is 24.4 Å². The molecule has 1 aromatic carbocycles. The highest BCUT2D eigenvalue weighted by atomic mass is 35.5. The maximum Gasteiger partial charge on any atom is 0.216 e. The molecule has 19 heavy (non-hydrogen) atoms. The predicted molar refractivity (Wildman–Crippen MR) is 79.9 cm³/mol. The van der Waals surface area contributed by atoms with Crippen molar-refractivity contribution in [3.8, 4) is 0 Å². The average molecular weight is 316 g/mol. The molecule has 1 aromatic heterocycles. The first-order chi connectivity index (χ1) is 8.98. The fourth-order valence-corrected chi connectivity index (χ4v) is 4.23. The lowest BCUT2D eigenvalue weighted by Gasteiger charge is -2.13. The normalized spacial score (nSPS) is 13.4. The second kappa shape index (κ2) is 6.05. The van der Waals surface area contributed by atoms with Gasteiger partial charge in [-0.2, -0.15) is 0 Å². The molecule has 0 spiro atoms. The van der Waals surface area contributed by atoms with Crippen LogP contribution in [-0.2, 0) is 15.8 Å². The van der Waals surface area contributed by atoms with E-state index in [0.717, 1.165) is 4.88 Å². The van der Waals surface area contributed by atoms with Crippen LogP contribution < -0.4 is 4.72 Å². The monoisotopic (exact) mass is 315 g/mol. The molecule has 0 aliphatic heterocycles. The van der Waals surface area contributed by atoms with Crippen molar-refractivity contribution < 1.29 is 8.42 Å². The minimum Gasteiger partial charge on any atom is -0.212 e. The highest BCUT2D eigenvalue weighted by molar-refractivity contribution is 7.88. The maximum atomic E-state index is 12.1. The predicted octanol–water partition coefficient (Wildman–Crippen LogP) is 3.58. The molecule has 0 aliphatic rings. The second-order valence-electron chi connectivity index (χ2n) is 4.21. The summed E-state index contributed by atoms with van der Waals surface area (Å²) in [7, 11) is -3.41. The molecule has 0 saturated carbocycles. The number of sulfonamides is 1. The molecule has 3 nitrogen and oxygen atoms in total. The summed E-state index contributed by atoms with van der Waals surface area (Å²) in [5.41, 5.74) is 0.607. The Balaban J connectivity index is 2.09. The third-order valence-corrected chi connectivity index (χ3v) is 5.46. The van der Waals surface area contributed by atoms with E-state index in [2.05, 4.69) is 4.72 Å². The quantitative estimate of drug-likeness (QED) is 0.916. The van der Waals surface area contributed by atoms with E-state index in [4.69, 9.17) is 11.6 Å². The highest BCUT2D eigenvalue weighted by Gasteiger charge is 2.18. The van der Waals surface area contributed by atoms with Crippen LogP contribution in [0.25, 0.3) is 0 Å². The summed E-state index contributed by atoms with van der Waals surface area (Å²) in [6.45, 7) is 1.83. The largest absolute Gasteiger partial charge is 0.216 e. The van der Waals surface area contributed by atoms with Gasteiger partial charge in [-0.3, -0.25) is 0 Å². The van der Waals surface area contributed by atoms with Gasteiger partial charge in [0.25, 0.3) is 0 Å². The number of halogens is 1. The van der Waals surface area contributed by atoms with E-state index in [9.17, 15) is 8.42 Å². The Morgan fingerprint density at radius 3 is 2.63 bits per heavy atom. The smallest absolute Gasteiger partial charge is 0.212 e. The first-order valence-electron chi connectivity index (χ1n) is 5.75. The first-order valence-corrected chi connectivity index (χ1v) is 8.66. The van der Waals surface area contributed by atoms with Crippen LogP contribution in [0, 0.1) is 0 Å². The molecular formula is C13H14ClNO2S2. The van der Waals surface area contributed by atoms with Gasteiger partial charge in [0.15, 0.2) is 0 Å². The van der Waals surface area contributed by atoms with Gasteiger partial charge >= 0.3 is 0 Å². The zero-order valence-electron chi connectivity index (χ0n) is 10.3. The van der Waals surface area contributed by atoms with E-state index >= 15 is 0 Å². The lowest BCUT2D eigenvalue weighted by molar-refractivity contribution is 0.567. The molecule has 102 valence electrons. The number of nitrogens with one attached hydrogen (secondary N) is 1. The number of rotatable bonds is 5. The maximum absolute atomic E-state index is 12.1. The summed E-state index contributed by atoms with van der Waals surface area (Å²) >= 11 is 7.50. The molecule has 1 N–H and O–H groups in total. The molecule has 6 heteroatoms. The number of hydrogen-bond acceptors (Lipinski definition) is 3. The zero-order chi connectivity index (χ0) is 13.9. The Morgan fingerprint density at radius 2 is 2.00 bits per heavy atom. The van der Waals surface area contributed by atoms with Crippen LogP contribution in [0.2, 0.25) is 5.02 Å². The molecule has 0 saturated heterocycles. The lowest BCUT2D eigenvalue weighted by atomic mass is 10.2. The van der Waals surface area contributed by atoms with Crippen molar-refractivity contribution in [1.29, 1.82) is 0 Å². The minimum absolute atomic E-state index is 0.109. The SMILES string of the molecule is C[C@H](NS(=O)(=O)Cc1ccccc1Cl)c1cccs1. The van der Waals surface area contributed by atoms with Crippen molar-refractivity contribution in [1.82, 2.24) is 4.72 Å². The molecule has 1 atom stereocenters. The summed E-state index contributed by atoms with van der Waals surface area (Å²) in [5.74, 6) is -0.109. The van der Waals surface area contributed by atoms with Crippen molar-refractivity contribution in [2.45, 2.75) is 18.7 Å². The van der Waals surface area contributed by atoms with Gasteiger partial charge < -0.3 is 0 Å². The van der Waals surface area contributed by atoms with Crippen LogP contribution in [0.5, 0.6) is 0 Å². The second-order valence-corrected chi connectivity index (χ2v) is 7.35. The van der Waals surface area contributed by atoms with Crippen LogP contribution in [0.4, 0.5) is 0 Å². The Hall–Kier alpha value is -0.880. The Morgan fingerprint density at radius 1 is 1.26 bits per heavy atom. The summed E-state index contributed by atoms with van der Waals surface area (Å²) < 4.78 is 26.8. The van der Waals surface area contributed by atoms with Gasteiger partial charge in [-0.1, -0.05) is 35.9 Å². The number of benzene rings is 1. The number of hydrogen-bond donors (Lipinski definition) is 1. The Bertz CT molecular complexity index is 638. The topological polar surface area (TPSA) is 46.2 Å². The van der Waals surface area contributed by atoms with Crippen LogP contribution in [0.1, 0.15) is 23.4 Å². The molecule has 0 radical (unpaired) electrons. The third-order valence-electron chi connectivity index (χ3n) is 2.63. The molecule has 2 aromatic rings. The minimum atomic E-state index is -3.41. The van der Waals surface area contributed by atoms with E-state index < -0.39 is 10.0 Å². The van der Waals surface area contributed by atoms with E-state index in [-0.39, 0.29) is 11.8 Å². The highest BCUT2D eigenvalue weighted by Crippen LogP contribution is 2.21. The van der Waals surface area contributed by atoms with Gasteiger partial charge in [0, 0.05) is 9.90 Å². The van der Waals surface area contributed by atoms with Crippen molar-refractivity contribution in [3.05, 3.63) is 57.2 Å². The zero-order valence-corrected chi connectivity index (χ0v) is 12.7. The molecule has 0 bridgehead atoms. The van der Waals surface area contributed by atoms with Gasteiger partial charge in [0.2, 0.25) is 10.0 Å². The van der Waals surface area contributed by atoms with Gasteiger partial charge in [-0.25, -0.2) is 13.1 Å². The van der Waals surface area contributed by atoms with Gasteiger partial charge in [0.1, 0.15) is 0 Å². The summed E-state index contributed by atoms with van der Waals surface area (Å²) in [6, 6.07) is 10.5. The van der Waals surface area contributed by atoms with Gasteiger partial charge in [-0.15, -0.1) is 11.3 Å². The third kappa shape index (κ3) is 4.04. The molecule has 0 aliphatic carbocycles. The van der Waals surface area contributed by atoms with E-state index in [0.29, 0.717) is 10.6 Å². The first kappa shape index (κ1) is 14.5. The number of thiophene rings is 1. The van der Waals surface area contributed by atoms with E-state index in [1.165, 1.54) is 11.3 Å². The molecule has 1 heterocycles. The standard InChI is InChI=1S/C13H14ClNO2S2/c1-10(13-7-4-8-18-13)15-19(16,17)9-11-5-2-3-6-12(11)14/h2-8,10,15H,9H2,1H3/t10-/m0/s1. The van der Waals surface area contributed by atoms with Gasteiger partial charge in [-0.05, 0) is 30.0 Å². The van der Waals surface area contributed by atoms with Crippen molar-refractivity contribution in [2.24, 2.45) is 0 Å². The molecular weight excluding hydrogens is 302 g/mol. The summed E-state index contributed by atoms with van der Waals surface area (Å²) in [5, 5.41) is 2.39. The Kier molecular flexibility index (Phi) is 4.62. The molecule has 2 rings (SSSR count). The van der Waals surface area contributed by atoms with Crippen molar-refractivity contribution in [3.63, 3.8) is 0 Å². The average Bonchev–Trinajstić information content (AvgIpc) is 2.85. The summed E-state index contributed by atoms with van der Waals surface area (Å²) in [4.78, 5) is 0.989. The van der Waals surface area contributed by atoms with Crippen LogP contribution in [0.15, 0.2) is 41.8 Å². The Labute approximate surface area is 122 Å². The molecule has 0 amide bonds. The van der Waals surface area contributed by atoms with Crippen LogP contribution >= 0.6 is 22.9 Å². The fourth-order valence-electron chi connectivity index (χ4n) is 1.73. The van der Waals surface area contributed by atoms with Crippen LogP contribution in [0.3, 0.4) is 0 Å². The van der Waals surface area contributed by atoms with Gasteiger partial charge in [0.05, 0.1) is 11.8 Å². The van der Waals surface area contributed by atoms with Crippen LogP contribution in [-0.4, -0.2) is 8.42 Å². The fraction of sp³-hybridized carbons (Fsp3) is 0.231. The molecule has 0 unspecified atom stereocenters. The lowest BCUT2D eigenvalue weighted by Crippen LogP contribution is -2.27. The summed E-state index contributed by atoms with van der Waals surface area (Å²) in [6.07, 6.45) is 0.